The van der Waals surface area contributed by atoms with E-state index < -0.39 is 32.4 Å². The Bertz CT molecular complexity index is 804. The van der Waals surface area contributed by atoms with Crippen LogP contribution in [0.3, 0.4) is 0 Å². The molecule has 0 saturated heterocycles. The Morgan fingerprint density at radius 2 is 1.81 bits per heavy atom. The van der Waals surface area contributed by atoms with Crippen molar-refractivity contribution in [1.82, 2.24) is 0 Å². The van der Waals surface area contributed by atoms with Crippen molar-refractivity contribution in [3.63, 3.8) is 0 Å². The van der Waals surface area contributed by atoms with Gasteiger partial charge in [-0.2, -0.15) is 13.2 Å². The van der Waals surface area contributed by atoms with Crippen LogP contribution >= 0.6 is 0 Å². The standard InChI is InChI=1S/C18H21F3O4S/c1-25-17(22)14(10-12-6-4-3-5-7-12)13-8-9-16(26(2,23)24)15(11-13)18(19,20)21/h8-12H,3-7H2,1-2H3. The number of alkyl halides is 3. The van der Waals surface area contributed by atoms with Crippen molar-refractivity contribution in [2.24, 2.45) is 5.92 Å². The number of allylic oxidation sites excluding steroid dienone is 1. The highest BCUT2D eigenvalue weighted by atomic mass is 32.2. The Labute approximate surface area is 151 Å². The zero-order valence-corrected chi connectivity index (χ0v) is 15.4. The predicted octanol–water partition coefficient (Wildman–Crippen LogP) is 4.25. The van der Waals surface area contributed by atoms with Gasteiger partial charge >= 0.3 is 12.1 Å². The lowest BCUT2D eigenvalue weighted by Crippen LogP contribution is -2.14. The molecule has 0 N–H and O–H groups in total. The summed E-state index contributed by atoms with van der Waals surface area (Å²) in [6.07, 6.45) is 2.31. The van der Waals surface area contributed by atoms with E-state index in [1.165, 1.54) is 6.07 Å². The molecule has 0 atom stereocenters. The number of rotatable bonds is 4. The van der Waals surface area contributed by atoms with E-state index in [-0.39, 0.29) is 17.1 Å². The summed E-state index contributed by atoms with van der Waals surface area (Å²) in [6, 6.07) is 2.82. The van der Waals surface area contributed by atoms with Gasteiger partial charge in [-0.1, -0.05) is 31.4 Å². The molecular formula is C18H21F3O4S. The molecule has 0 amide bonds. The van der Waals surface area contributed by atoms with Crippen LogP contribution in [-0.4, -0.2) is 27.8 Å². The Balaban J connectivity index is 2.58. The molecule has 0 heterocycles. The number of methoxy groups -OCH3 is 1. The van der Waals surface area contributed by atoms with Crippen LogP contribution in [0.15, 0.2) is 29.2 Å². The summed E-state index contributed by atoms with van der Waals surface area (Å²) in [5.74, 6) is -0.655. The monoisotopic (exact) mass is 390 g/mol. The van der Waals surface area contributed by atoms with Gasteiger partial charge < -0.3 is 4.74 Å². The SMILES string of the molecule is COC(=O)C(=CC1CCCCC1)c1ccc(S(C)(=O)=O)c(C(F)(F)F)c1. The molecule has 8 heteroatoms. The normalized spacial score (nSPS) is 17.2. The maximum atomic E-state index is 13.4. The highest BCUT2D eigenvalue weighted by Crippen LogP contribution is 2.37. The van der Waals surface area contributed by atoms with Gasteiger partial charge in [0.25, 0.3) is 0 Å². The predicted molar refractivity (Wildman–Crippen MR) is 91.1 cm³/mol. The Kier molecular flexibility index (Phi) is 6.16. The molecule has 1 aromatic rings. The molecule has 1 aromatic carbocycles. The third-order valence-corrected chi connectivity index (χ3v) is 5.61. The fourth-order valence-corrected chi connectivity index (χ4v) is 4.06. The third-order valence-electron chi connectivity index (χ3n) is 4.45. The Hall–Kier alpha value is -1.83. The van der Waals surface area contributed by atoms with Crippen LogP contribution in [-0.2, 0) is 25.5 Å². The van der Waals surface area contributed by atoms with Gasteiger partial charge in [-0.15, -0.1) is 0 Å². The van der Waals surface area contributed by atoms with Crippen LogP contribution in [0.5, 0.6) is 0 Å². The van der Waals surface area contributed by atoms with Crippen molar-refractivity contribution in [3.8, 4) is 0 Å². The molecule has 0 spiro atoms. The van der Waals surface area contributed by atoms with E-state index in [4.69, 9.17) is 4.74 Å². The number of carbonyl (C=O) groups excluding carboxylic acids is 1. The summed E-state index contributed by atoms with van der Waals surface area (Å²) in [7, 11) is -2.91. The van der Waals surface area contributed by atoms with Crippen LogP contribution in [0.1, 0.15) is 43.2 Å². The minimum absolute atomic E-state index is 0.00199. The van der Waals surface area contributed by atoms with Crippen molar-refractivity contribution < 1.29 is 31.1 Å². The summed E-state index contributed by atoms with van der Waals surface area (Å²) >= 11 is 0. The van der Waals surface area contributed by atoms with Gasteiger partial charge in [0, 0.05) is 6.26 Å². The van der Waals surface area contributed by atoms with Crippen LogP contribution in [0.2, 0.25) is 0 Å². The highest BCUT2D eigenvalue weighted by molar-refractivity contribution is 7.90. The molecular weight excluding hydrogens is 369 g/mol. The molecule has 0 bridgehead atoms. The molecule has 1 saturated carbocycles. The number of halogens is 3. The van der Waals surface area contributed by atoms with Gasteiger partial charge in [-0.3, -0.25) is 0 Å². The quantitative estimate of drug-likeness (QED) is 0.570. The fourth-order valence-electron chi connectivity index (χ4n) is 3.17. The fraction of sp³-hybridized carbons (Fsp3) is 0.500. The van der Waals surface area contributed by atoms with Gasteiger partial charge in [0.2, 0.25) is 0 Å². The zero-order valence-electron chi connectivity index (χ0n) is 14.6. The third kappa shape index (κ3) is 4.87. The lowest BCUT2D eigenvalue weighted by atomic mass is 9.86. The molecule has 0 radical (unpaired) electrons. The van der Waals surface area contributed by atoms with E-state index in [1.54, 1.807) is 6.08 Å². The van der Waals surface area contributed by atoms with E-state index in [0.29, 0.717) is 6.07 Å². The van der Waals surface area contributed by atoms with Crippen molar-refractivity contribution in [2.75, 3.05) is 13.4 Å². The largest absolute Gasteiger partial charge is 0.465 e. The van der Waals surface area contributed by atoms with Gasteiger partial charge in [-0.05, 0) is 36.5 Å². The smallest absolute Gasteiger partial charge is 0.417 e. The summed E-state index contributed by atoms with van der Waals surface area (Å²) in [5, 5.41) is 0. The molecule has 1 fully saturated rings. The van der Waals surface area contributed by atoms with Crippen molar-refractivity contribution in [3.05, 3.63) is 35.4 Å². The second-order valence-corrected chi connectivity index (χ2v) is 8.44. The van der Waals surface area contributed by atoms with Crippen molar-refractivity contribution >= 4 is 21.4 Å². The van der Waals surface area contributed by atoms with E-state index in [9.17, 15) is 26.4 Å². The maximum Gasteiger partial charge on any atom is 0.417 e. The first-order valence-corrected chi connectivity index (χ1v) is 10.1. The highest BCUT2D eigenvalue weighted by Gasteiger charge is 2.37. The first-order chi connectivity index (χ1) is 12.0. The number of benzene rings is 1. The van der Waals surface area contributed by atoms with E-state index in [1.807, 2.05) is 0 Å². The van der Waals surface area contributed by atoms with E-state index >= 15 is 0 Å². The second kappa shape index (κ2) is 7.82. The van der Waals surface area contributed by atoms with Gasteiger partial charge in [0.1, 0.15) is 0 Å². The van der Waals surface area contributed by atoms with Crippen LogP contribution in [0, 0.1) is 5.92 Å². The first kappa shape index (κ1) is 20.5. The minimum atomic E-state index is -4.86. The lowest BCUT2D eigenvalue weighted by molar-refractivity contribution is -0.140. The molecule has 0 aliphatic heterocycles. The number of hydrogen-bond acceptors (Lipinski definition) is 4. The second-order valence-electron chi connectivity index (χ2n) is 6.45. The molecule has 1 aliphatic carbocycles. The summed E-state index contributed by atoms with van der Waals surface area (Å²) in [4.78, 5) is 11.3. The number of carbonyl (C=O) groups is 1. The summed E-state index contributed by atoms with van der Waals surface area (Å²) in [6.45, 7) is 0. The number of hydrogen-bond donors (Lipinski definition) is 0. The number of ether oxygens (including phenoxy) is 1. The van der Waals surface area contributed by atoms with Crippen molar-refractivity contribution in [2.45, 2.75) is 43.2 Å². The van der Waals surface area contributed by atoms with Crippen molar-refractivity contribution in [1.29, 1.82) is 0 Å². The van der Waals surface area contributed by atoms with Crippen LogP contribution in [0.25, 0.3) is 5.57 Å². The van der Waals surface area contributed by atoms with Gasteiger partial charge in [-0.25, -0.2) is 13.2 Å². The molecule has 0 aromatic heterocycles. The summed E-state index contributed by atoms with van der Waals surface area (Å²) in [5.41, 5.74) is -1.25. The van der Waals surface area contributed by atoms with E-state index in [2.05, 4.69) is 0 Å². The maximum absolute atomic E-state index is 13.4. The molecule has 26 heavy (non-hydrogen) atoms. The van der Waals surface area contributed by atoms with Crippen LogP contribution < -0.4 is 0 Å². The van der Waals surface area contributed by atoms with Gasteiger partial charge in [0.15, 0.2) is 9.84 Å². The summed E-state index contributed by atoms with van der Waals surface area (Å²) < 4.78 is 68.2. The lowest BCUT2D eigenvalue weighted by Gasteiger charge is -2.20. The Morgan fingerprint density at radius 3 is 2.31 bits per heavy atom. The topological polar surface area (TPSA) is 60.4 Å². The van der Waals surface area contributed by atoms with Crippen LogP contribution in [0.4, 0.5) is 13.2 Å². The zero-order chi connectivity index (χ0) is 19.5. The minimum Gasteiger partial charge on any atom is -0.465 e. The molecule has 144 valence electrons. The number of sulfone groups is 1. The van der Waals surface area contributed by atoms with E-state index in [0.717, 1.165) is 51.5 Å². The molecule has 4 nitrogen and oxygen atoms in total. The molecule has 2 rings (SSSR count). The number of esters is 1. The molecule has 1 aliphatic rings. The average Bonchev–Trinajstić information content (AvgIpc) is 2.58. The molecule has 0 unspecified atom stereocenters. The average molecular weight is 390 g/mol. The van der Waals surface area contributed by atoms with Gasteiger partial charge in [0.05, 0.1) is 23.1 Å². The first-order valence-electron chi connectivity index (χ1n) is 8.26. The Morgan fingerprint density at radius 1 is 1.19 bits per heavy atom.